The van der Waals surface area contributed by atoms with Gasteiger partial charge in [-0.25, -0.2) is 4.98 Å². The number of nitrogens with one attached hydrogen (secondary N) is 1. The second-order valence-corrected chi connectivity index (χ2v) is 5.91. The van der Waals surface area contributed by atoms with Crippen LogP contribution in [0.1, 0.15) is 21.7 Å². The fraction of sp³-hybridized carbons (Fsp3) is 0.143. The molecule has 1 amide bonds. The first-order valence-electron chi connectivity index (χ1n) is 5.97. The lowest BCUT2D eigenvalue weighted by Gasteiger charge is -1.97. The second-order valence-electron chi connectivity index (χ2n) is 4.51. The lowest BCUT2D eigenvalue weighted by molar-refractivity contribution is 0.0997. The number of thiazole rings is 1. The van der Waals surface area contributed by atoms with Gasteiger partial charge in [0.15, 0.2) is 16.1 Å². The molecule has 2 heterocycles. The van der Waals surface area contributed by atoms with Gasteiger partial charge in [0.1, 0.15) is 0 Å². The van der Waals surface area contributed by atoms with Crippen molar-refractivity contribution in [2.75, 3.05) is 5.32 Å². The molecule has 102 valence electrons. The molecule has 0 saturated carbocycles. The largest absolute Gasteiger partial charge is 0.440 e. The second kappa shape index (κ2) is 4.92. The normalized spacial score (nSPS) is 10.9. The Bertz CT molecular complexity index is 807. The number of fused-ring (bicyclic) bond motifs is 1. The molecule has 1 N–H and O–H groups in total. The Kier molecular flexibility index (Phi) is 3.23. The molecule has 0 aliphatic rings. The molecule has 20 heavy (non-hydrogen) atoms. The molecule has 0 unspecified atom stereocenters. The van der Waals surface area contributed by atoms with E-state index in [2.05, 4.69) is 22.4 Å². The van der Waals surface area contributed by atoms with Crippen molar-refractivity contribution in [1.29, 1.82) is 0 Å². The summed E-state index contributed by atoms with van der Waals surface area (Å²) in [7, 11) is 0. The van der Waals surface area contributed by atoms with Gasteiger partial charge in [-0.3, -0.25) is 10.1 Å². The molecule has 4 nitrogen and oxygen atoms in total. The maximum Gasteiger partial charge on any atom is 0.293 e. The summed E-state index contributed by atoms with van der Waals surface area (Å²) in [6.45, 7) is 4.04. The van der Waals surface area contributed by atoms with Gasteiger partial charge in [0.25, 0.3) is 5.91 Å². The number of furan rings is 1. The number of amides is 1. The number of carbonyl (C=O) groups excluding carboxylic acids is 1. The van der Waals surface area contributed by atoms with Gasteiger partial charge in [-0.1, -0.05) is 17.4 Å². The highest BCUT2D eigenvalue weighted by molar-refractivity contribution is 7.22. The molecule has 0 spiro atoms. The standard InChI is InChI=1S/C14H11ClN2O2S/c1-7-5-8(2)12-10(6-7)20-14(16-12)17-13(18)9-3-4-11(15)19-9/h3-6H,1-2H3,(H,16,17,18). The van der Waals surface area contributed by atoms with E-state index in [1.54, 1.807) is 0 Å². The topological polar surface area (TPSA) is 55.1 Å². The first-order valence-corrected chi connectivity index (χ1v) is 7.17. The molecule has 0 radical (unpaired) electrons. The van der Waals surface area contributed by atoms with E-state index >= 15 is 0 Å². The molecule has 3 rings (SSSR count). The van der Waals surface area contributed by atoms with Crippen molar-refractivity contribution < 1.29 is 9.21 Å². The van der Waals surface area contributed by atoms with E-state index in [0.29, 0.717) is 5.13 Å². The zero-order valence-corrected chi connectivity index (χ0v) is 12.4. The van der Waals surface area contributed by atoms with Crippen LogP contribution in [0.15, 0.2) is 28.7 Å². The Morgan fingerprint density at radius 2 is 2.15 bits per heavy atom. The van der Waals surface area contributed by atoms with Gasteiger partial charge >= 0.3 is 0 Å². The zero-order chi connectivity index (χ0) is 14.3. The Morgan fingerprint density at radius 1 is 1.35 bits per heavy atom. The highest BCUT2D eigenvalue weighted by Crippen LogP contribution is 2.29. The van der Waals surface area contributed by atoms with Crippen LogP contribution >= 0.6 is 22.9 Å². The Balaban J connectivity index is 1.91. The van der Waals surface area contributed by atoms with Crippen molar-refractivity contribution in [1.82, 2.24) is 4.98 Å². The first kappa shape index (κ1) is 13.1. The highest BCUT2D eigenvalue weighted by Gasteiger charge is 2.14. The molecular weight excluding hydrogens is 296 g/mol. The van der Waals surface area contributed by atoms with Crippen LogP contribution in [0.25, 0.3) is 10.2 Å². The SMILES string of the molecule is Cc1cc(C)c2nc(NC(=O)c3ccc(Cl)o3)sc2c1. The number of hydrogen-bond acceptors (Lipinski definition) is 4. The van der Waals surface area contributed by atoms with Gasteiger partial charge in [0, 0.05) is 0 Å². The molecule has 0 aliphatic carbocycles. The number of halogens is 1. The first-order chi connectivity index (χ1) is 9.52. The van der Waals surface area contributed by atoms with E-state index in [9.17, 15) is 4.79 Å². The molecule has 0 bridgehead atoms. The lowest BCUT2D eigenvalue weighted by atomic mass is 10.1. The summed E-state index contributed by atoms with van der Waals surface area (Å²) in [6.07, 6.45) is 0. The van der Waals surface area contributed by atoms with Crippen LogP contribution in [0.2, 0.25) is 5.22 Å². The predicted octanol–water partition coefficient (Wildman–Crippen LogP) is 4.41. The van der Waals surface area contributed by atoms with Crippen LogP contribution < -0.4 is 5.32 Å². The van der Waals surface area contributed by atoms with Crippen LogP contribution in [0.3, 0.4) is 0 Å². The predicted molar refractivity (Wildman–Crippen MR) is 80.8 cm³/mol. The summed E-state index contributed by atoms with van der Waals surface area (Å²) in [4.78, 5) is 16.4. The van der Waals surface area contributed by atoms with Gasteiger partial charge in [-0.05, 0) is 54.8 Å². The van der Waals surface area contributed by atoms with Gasteiger partial charge in [0.05, 0.1) is 10.2 Å². The van der Waals surface area contributed by atoms with Crippen molar-refractivity contribution >= 4 is 44.2 Å². The summed E-state index contributed by atoms with van der Waals surface area (Å²) in [5.41, 5.74) is 3.18. The fourth-order valence-electron chi connectivity index (χ4n) is 2.02. The minimum Gasteiger partial charge on any atom is -0.440 e. The van der Waals surface area contributed by atoms with Gasteiger partial charge in [-0.15, -0.1) is 0 Å². The van der Waals surface area contributed by atoms with Gasteiger partial charge in [-0.2, -0.15) is 0 Å². The minimum atomic E-state index is -0.356. The molecule has 0 saturated heterocycles. The Hall–Kier alpha value is -1.85. The van der Waals surface area contributed by atoms with Crippen LogP contribution in [-0.4, -0.2) is 10.9 Å². The van der Waals surface area contributed by atoms with Crippen LogP contribution in [-0.2, 0) is 0 Å². The van der Waals surface area contributed by atoms with Crippen molar-refractivity contribution in [3.8, 4) is 0 Å². The maximum absolute atomic E-state index is 12.0. The third-order valence-corrected chi connectivity index (χ3v) is 3.97. The molecule has 6 heteroatoms. The number of carbonyl (C=O) groups is 1. The van der Waals surface area contributed by atoms with Crippen molar-refractivity contribution in [2.24, 2.45) is 0 Å². The van der Waals surface area contributed by atoms with E-state index in [4.69, 9.17) is 16.0 Å². The summed E-state index contributed by atoms with van der Waals surface area (Å²) < 4.78 is 6.12. The average Bonchev–Trinajstić information content (AvgIpc) is 2.95. The number of anilines is 1. The molecule has 0 atom stereocenters. The van der Waals surface area contributed by atoms with Gasteiger partial charge < -0.3 is 4.42 Å². The van der Waals surface area contributed by atoms with E-state index in [-0.39, 0.29) is 16.9 Å². The lowest BCUT2D eigenvalue weighted by Crippen LogP contribution is -2.10. The number of hydrogen-bond donors (Lipinski definition) is 1. The van der Waals surface area contributed by atoms with Crippen LogP contribution in [0.4, 0.5) is 5.13 Å². The Morgan fingerprint density at radius 3 is 2.85 bits per heavy atom. The maximum atomic E-state index is 12.0. The van der Waals surface area contributed by atoms with Crippen LogP contribution in [0.5, 0.6) is 0 Å². The van der Waals surface area contributed by atoms with E-state index in [0.717, 1.165) is 15.8 Å². The molecule has 2 aromatic heterocycles. The number of rotatable bonds is 2. The molecule has 1 aromatic carbocycles. The Labute approximate surface area is 124 Å². The molecule has 0 aliphatic heterocycles. The summed E-state index contributed by atoms with van der Waals surface area (Å²) in [6, 6.07) is 7.18. The third kappa shape index (κ3) is 2.42. The summed E-state index contributed by atoms with van der Waals surface area (Å²) >= 11 is 7.09. The minimum absolute atomic E-state index is 0.169. The molecule has 0 fully saturated rings. The number of aromatic nitrogens is 1. The van der Waals surface area contributed by atoms with Crippen molar-refractivity contribution in [3.05, 3.63) is 46.4 Å². The van der Waals surface area contributed by atoms with E-state index in [1.165, 1.54) is 29.0 Å². The van der Waals surface area contributed by atoms with Gasteiger partial charge in [0.2, 0.25) is 0 Å². The number of benzene rings is 1. The molecule has 3 aromatic rings. The number of nitrogens with zero attached hydrogens (tertiary/aromatic N) is 1. The van der Waals surface area contributed by atoms with E-state index < -0.39 is 0 Å². The highest BCUT2D eigenvalue weighted by atomic mass is 35.5. The van der Waals surface area contributed by atoms with Crippen molar-refractivity contribution in [2.45, 2.75) is 13.8 Å². The van der Waals surface area contributed by atoms with E-state index in [1.807, 2.05) is 13.8 Å². The third-order valence-electron chi connectivity index (χ3n) is 2.85. The molecular formula is C14H11ClN2O2S. The quantitative estimate of drug-likeness (QED) is 0.763. The van der Waals surface area contributed by atoms with Crippen LogP contribution in [0, 0.1) is 13.8 Å². The zero-order valence-electron chi connectivity index (χ0n) is 10.9. The smallest absolute Gasteiger partial charge is 0.293 e. The average molecular weight is 307 g/mol. The van der Waals surface area contributed by atoms with Crippen molar-refractivity contribution in [3.63, 3.8) is 0 Å². The fourth-order valence-corrected chi connectivity index (χ4v) is 3.20. The summed E-state index contributed by atoms with van der Waals surface area (Å²) in [5, 5.41) is 3.46. The number of aryl methyl sites for hydroxylation is 2. The monoisotopic (exact) mass is 306 g/mol. The summed E-state index contributed by atoms with van der Waals surface area (Å²) in [5.74, 6) is -0.188.